The maximum absolute atomic E-state index is 12.6. The number of nitrogens with zero attached hydrogens (tertiary/aromatic N) is 1. The topological polar surface area (TPSA) is 46.3 Å². The van der Waals surface area contributed by atoms with Crippen molar-refractivity contribution in [3.63, 3.8) is 0 Å². The maximum atomic E-state index is 12.6. The van der Waals surface area contributed by atoms with Crippen molar-refractivity contribution in [3.8, 4) is 11.8 Å². The van der Waals surface area contributed by atoms with E-state index in [0.717, 1.165) is 42.5 Å². The molecule has 0 unspecified atom stereocenters. The van der Waals surface area contributed by atoms with Crippen molar-refractivity contribution in [3.05, 3.63) is 34.9 Å². The van der Waals surface area contributed by atoms with E-state index in [9.17, 15) is 4.79 Å². The summed E-state index contributed by atoms with van der Waals surface area (Å²) in [5.74, 6) is 6.02. The summed E-state index contributed by atoms with van der Waals surface area (Å²) >= 11 is 0. The summed E-state index contributed by atoms with van der Waals surface area (Å²) in [5, 5.41) is 0. The SMILES string of the molecule is CCCN(C(=O)c1ccc(C)c(C#CCN)c1)C1CC1. The average molecular weight is 270 g/mol. The minimum Gasteiger partial charge on any atom is -0.336 e. The van der Waals surface area contributed by atoms with Crippen molar-refractivity contribution in [1.82, 2.24) is 4.90 Å². The summed E-state index contributed by atoms with van der Waals surface area (Å²) < 4.78 is 0. The normalized spacial score (nSPS) is 13.6. The van der Waals surface area contributed by atoms with Crippen LogP contribution in [0.2, 0.25) is 0 Å². The molecule has 20 heavy (non-hydrogen) atoms. The van der Waals surface area contributed by atoms with E-state index in [1.807, 2.05) is 30.0 Å². The molecule has 1 fully saturated rings. The Bertz CT molecular complexity index is 550. The highest BCUT2D eigenvalue weighted by molar-refractivity contribution is 5.95. The monoisotopic (exact) mass is 270 g/mol. The largest absolute Gasteiger partial charge is 0.336 e. The van der Waals surface area contributed by atoms with Gasteiger partial charge in [-0.1, -0.05) is 24.8 Å². The van der Waals surface area contributed by atoms with Crippen molar-refractivity contribution >= 4 is 5.91 Å². The molecule has 1 aromatic rings. The van der Waals surface area contributed by atoms with Crippen LogP contribution in [-0.4, -0.2) is 29.9 Å². The van der Waals surface area contributed by atoms with Crippen LogP contribution >= 0.6 is 0 Å². The number of nitrogens with two attached hydrogens (primary N) is 1. The van der Waals surface area contributed by atoms with Gasteiger partial charge in [0.1, 0.15) is 0 Å². The van der Waals surface area contributed by atoms with Gasteiger partial charge in [0.15, 0.2) is 0 Å². The number of benzene rings is 1. The van der Waals surface area contributed by atoms with Crippen LogP contribution in [0, 0.1) is 18.8 Å². The first-order valence-corrected chi connectivity index (χ1v) is 7.28. The van der Waals surface area contributed by atoms with Gasteiger partial charge < -0.3 is 10.6 Å². The molecule has 1 aromatic carbocycles. The highest BCUT2D eigenvalue weighted by Gasteiger charge is 2.32. The Hall–Kier alpha value is -1.79. The Balaban J connectivity index is 2.24. The molecule has 2 rings (SSSR count). The Morgan fingerprint density at radius 2 is 2.20 bits per heavy atom. The third kappa shape index (κ3) is 3.40. The van der Waals surface area contributed by atoms with Crippen LogP contribution in [0.1, 0.15) is 47.7 Å². The van der Waals surface area contributed by atoms with Crippen molar-refractivity contribution < 1.29 is 4.79 Å². The Morgan fingerprint density at radius 1 is 1.45 bits per heavy atom. The van der Waals surface area contributed by atoms with Gasteiger partial charge in [-0.15, -0.1) is 0 Å². The molecule has 1 aliphatic carbocycles. The van der Waals surface area contributed by atoms with Crippen LogP contribution in [0.25, 0.3) is 0 Å². The van der Waals surface area contributed by atoms with Crippen LogP contribution in [-0.2, 0) is 0 Å². The van der Waals surface area contributed by atoms with E-state index in [-0.39, 0.29) is 5.91 Å². The lowest BCUT2D eigenvalue weighted by molar-refractivity contribution is 0.0743. The van der Waals surface area contributed by atoms with Gasteiger partial charge in [-0.3, -0.25) is 4.79 Å². The van der Waals surface area contributed by atoms with Gasteiger partial charge in [0.25, 0.3) is 5.91 Å². The van der Waals surface area contributed by atoms with Crippen LogP contribution in [0.15, 0.2) is 18.2 Å². The molecule has 1 amide bonds. The minimum atomic E-state index is 0.130. The third-order valence-electron chi connectivity index (χ3n) is 3.52. The molecule has 3 heteroatoms. The molecule has 0 aromatic heterocycles. The first kappa shape index (κ1) is 14.6. The van der Waals surface area contributed by atoms with Gasteiger partial charge in [-0.2, -0.15) is 0 Å². The zero-order valence-corrected chi connectivity index (χ0v) is 12.3. The summed E-state index contributed by atoms with van der Waals surface area (Å²) in [4.78, 5) is 14.6. The van der Waals surface area contributed by atoms with Gasteiger partial charge in [0, 0.05) is 23.7 Å². The number of carbonyl (C=O) groups excluding carboxylic acids is 1. The molecule has 3 nitrogen and oxygen atoms in total. The number of rotatable bonds is 4. The number of hydrogen-bond acceptors (Lipinski definition) is 2. The van der Waals surface area contributed by atoms with Crippen molar-refractivity contribution in [2.75, 3.05) is 13.1 Å². The van der Waals surface area contributed by atoms with Crippen molar-refractivity contribution in [2.24, 2.45) is 5.73 Å². The molecule has 1 aliphatic rings. The predicted octanol–water partition coefficient (Wildman–Crippen LogP) is 2.32. The van der Waals surface area contributed by atoms with Gasteiger partial charge in [0.05, 0.1) is 6.54 Å². The van der Waals surface area contributed by atoms with Crippen molar-refractivity contribution in [1.29, 1.82) is 0 Å². The number of amides is 1. The molecule has 106 valence electrons. The smallest absolute Gasteiger partial charge is 0.254 e. The number of carbonyl (C=O) groups is 1. The fraction of sp³-hybridized carbons (Fsp3) is 0.471. The minimum absolute atomic E-state index is 0.130. The molecule has 0 saturated heterocycles. The molecule has 0 spiro atoms. The Labute approximate surface area is 121 Å². The molecule has 1 saturated carbocycles. The average Bonchev–Trinajstić information content (AvgIpc) is 3.27. The highest BCUT2D eigenvalue weighted by atomic mass is 16.2. The number of hydrogen-bond donors (Lipinski definition) is 1. The fourth-order valence-electron chi connectivity index (χ4n) is 2.28. The fourth-order valence-corrected chi connectivity index (χ4v) is 2.28. The first-order chi connectivity index (χ1) is 9.67. The zero-order chi connectivity index (χ0) is 14.5. The van der Waals surface area contributed by atoms with Gasteiger partial charge >= 0.3 is 0 Å². The van der Waals surface area contributed by atoms with Gasteiger partial charge in [-0.25, -0.2) is 0 Å². The van der Waals surface area contributed by atoms with Crippen LogP contribution < -0.4 is 5.73 Å². The molecule has 0 atom stereocenters. The summed E-state index contributed by atoms with van der Waals surface area (Å²) in [5.41, 5.74) is 8.12. The lowest BCUT2D eigenvalue weighted by atomic mass is 10.0. The Kier molecular flexibility index (Phi) is 4.81. The zero-order valence-electron chi connectivity index (χ0n) is 12.3. The van der Waals surface area contributed by atoms with Crippen LogP contribution in [0.5, 0.6) is 0 Å². The second-order valence-corrected chi connectivity index (χ2v) is 5.27. The van der Waals surface area contributed by atoms with Gasteiger partial charge in [0.2, 0.25) is 0 Å². The second-order valence-electron chi connectivity index (χ2n) is 5.27. The molecular formula is C17H22N2O. The lowest BCUT2D eigenvalue weighted by Gasteiger charge is -2.22. The van der Waals surface area contributed by atoms with E-state index < -0.39 is 0 Å². The molecule has 0 aliphatic heterocycles. The van der Waals surface area contributed by atoms with Crippen LogP contribution in [0.4, 0.5) is 0 Å². The second kappa shape index (κ2) is 6.58. The van der Waals surface area contributed by atoms with Gasteiger partial charge in [-0.05, 0) is 43.9 Å². The first-order valence-electron chi connectivity index (χ1n) is 7.28. The van der Waals surface area contributed by atoms with E-state index in [1.165, 1.54) is 0 Å². The maximum Gasteiger partial charge on any atom is 0.254 e. The molecule has 0 radical (unpaired) electrons. The summed E-state index contributed by atoms with van der Waals surface area (Å²) in [7, 11) is 0. The summed E-state index contributed by atoms with van der Waals surface area (Å²) in [6.45, 7) is 5.28. The van der Waals surface area contributed by atoms with Crippen LogP contribution in [0.3, 0.4) is 0 Å². The van der Waals surface area contributed by atoms with E-state index in [0.29, 0.717) is 12.6 Å². The van der Waals surface area contributed by atoms with E-state index in [4.69, 9.17) is 5.73 Å². The van der Waals surface area contributed by atoms with E-state index in [2.05, 4.69) is 18.8 Å². The summed E-state index contributed by atoms with van der Waals surface area (Å²) in [6, 6.07) is 6.20. The van der Waals surface area contributed by atoms with Crippen molar-refractivity contribution in [2.45, 2.75) is 39.2 Å². The lowest BCUT2D eigenvalue weighted by Crippen LogP contribution is -2.33. The van der Waals surface area contributed by atoms with E-state index in [1.54, 1.807) is 0 Å². The quantitative estimate of drug-likeness (QED) is 0.853. The number of aryl methyl sites for hydroxylation is 1. The predicted molar refractivity (Wildman–Crippen MR) is 81.5 cm³/mol. The standard InChI is InChI=1S/C17H22N2O/c1-3-11-19(16-8-9-16)17(20)15-7-6-13(2)14(12-15)5-4-10-18/h6-7,12,16H,3,8-11,18H2,1-2H3. The molecule has 0 heterocycles. The Morgan fingerprint density at radius 3 is 2.80 bits per heavy atom. The third-order valence-corrected chi connectivity index (χ3v) is 3.52. The van der Waals surface area contributed by atoms with E-state index >= 15 is 0 Å². The molecule has 0 bridgehead atoms. The summed E-state index contributed by atoms with van der Waals surface area (Å²) in [6.07, 6.45) is 3.27. The highest BCUT2D eigenvalue weighted by Crippen LogP contribution is 2.28. The molecule has 2 N–H and O–H groups in total. The molecular weight excluding hydrogens is 248 g/mol.